The van der Waals surface area contributed by atoms with Crippen LogP contribution in [0.15, 0.2) is 18.2 Å². The molecular weight excluding hydrogens is 170 g/mol. The third kappa shape index (κ3) is 1.08. The Kier molecular flexibility index (Phi) is 1.66. The fourth-order valence-electron chi connectivity index (χ4n) is 2.88. The third-order valence-corrected chi connectivity index (χ3v) is 3.44. The zero-order valence-electron chi connectivity index (χ0n) is 8.29. The van der Waals surface area contributed by atoms with Gasteiger partial charge in [-0.3, -0.25) is 0 Å². The second-order valence-corrected chi connectivity index (χ2v) is 4.41. The van der Waals surface area contributed by atoms with Crippen molar-refractivity contribution in [2.24, 2.45) is 0 Å². The molecule has 0 aromatic heterocycles. The van der Waals surface area contributed by atoms with Gasteiger partial charge in [0.1, 0.15) is 0 Å². The Morgan fingerprint density at radius 2 is 2.21 bits per heavy atom. The number of nitrogen functional groups attached to an aromatic ring is 1. The lowest BCUT2D eigenvalue weighted by Gasteiger charge is -2.29. The topological polar surface area (TPSA) is 26.0 Å². The summed E-state index contributed by atoms with van der Waals surface area (Å²) in [6.07, 6.45) is 9.66. The van der Waals surface area contributed by atoms with Gasteiger partial charge in [0.2, 0.25) is 0 Å². The lowest BCUT2D eigenvalue weighted by molar-refractivity contribution is 0.554. The van der Waals surface area contributed by atoms with Gasteiger partial charge in [0.25, 0.3) is 0 Å². The van der Waals surface area contributed by atoms with Crippen LogP contribution >= 0.6 is 0 Å². The predicted molar refractivity (Wildman–Crippen MR) is 60.2 cm³/mol. The van der Waals surface area contributed by atoms with Gasteiger partial charge in [-0.25, -0.2) is 0 Å². The first-order valence-corrected chi connectivity index (χ1v) is 5.43. The second-order valence-electron chi connectivity index (χ2n) is 4.41. The van der Waals surface area contributed by atoms with Crippen LogP contribution in [0.2, 0.25) is 0 Å². The Labute approximate surface area is 84.6 Å². The van der Waals surface area contributed by atoms with Crippen LogP contribution in [0, 0.1) is 0 Å². The molecule has 1 unspecified atom stereocenters. The van der Waals surface area contributed by atoms with E-state index in [2.05, 4.69) is 24.3 Å². The lowest BCUT2D eigenvalue weighted by atomic mass is 9.76. The fourth-order valence-corrected chi connectivity index (χ4v) is 2.88. The molecule has 0 fully saturated rings. The molecule has 2 N–H and O–H groups in total. The SMILES string of the molecule is Nc1cc2c3c(c1)CCCC3CC=C2. The minimum Gasteiger partial charge on any atom is -0.399 e. The molecule has 2 aliphatic carbocycles. The molecule has 2 aliphatic rings. The number of aryl methyl sites for hydroxylation is 1. The van der Waals surface area contributed by atoms with E-state index in [9.17, 15) is 0 Å². The Balaban J connectivity index is 2.25. The molecule has 0 saturated carbocycles. The van der Waals surface area contributed by atoms with Crippen molar-refractivity contribution in [2.75, 3.05) is 5.73 Å². The van der Waals surface area contributed by atoms with Crippen molar-refractivity contribution in [1.29, 1.82) is 0 Å². The molecule has 0 spiro atoms. The van der Waals surface area contributed by atoms with Crippen LogP contribution in [0.3, 0.4) is 0 Å². The Bertz CT molecular complexity index is 404. The summed E-state index contributed by atoms with van der Waals surface area (Å²) in [5.74, 6) is 0.777. The summed E-state index contributed by atoms with van der Waals surface area (Å²) in [4.78, 5) is 0. The quantitative estimate of drug-likeness (QED) is 0.617. The van der Waals surface area contributed by atoms with Crippen molar-refractivity contribution in [3.8, 4) is 0 Å². The monoisotopic (exact) mass is 185 g/mol. The minimum atomic E-state index is 0.777. The Hall–Kier alpha value is -1.24. The molecule has 14 heavy (non-hydrogen) atoms. The highest BCUT2D eigenvalue weighted by Gasteiger charge is 2.23. The summed E-state index contributed by atoms with van der Waals surface area (Å²) < 4.78 is 0. The largest absolute Gasteiger partial charge is 0.399 e. The summed E-state index contributed by atoms with van der Waals surface area (Å²) in [7, 11) is 0. The minimum absolute atomic E-state index is 0.777. The van der Waals surface area contributed by atoms with Gasteiger partial charge < -0.3 is 5.73 Å². The van der Waals surface area contributed by atoms with Crippen molar-refractivity contribution >= 4 is 11.8 Å². The van der Waals surface area contributed by atoms with E-state index in [-0.39, 0.29) is 0 Å². The highest BCUT2D eigenvalue weighted by molar-refractivity contribution is 5.65. The van der Waals surface area contributed by atoms with E-state index in [0.29, 0.717) is 0 Å². The highest BCUT2D eigenvalue weighted by atomic mass is 14.5. The number of allylic oxidation sites excluding steroid dienone is 1. The number of hydrogen-bond acceptors (Lipinski definition) is 1. The van der Waals surface area contributed by atoms with Gasteiger partial charge in [-0.2, -0.15) is 0 Å². The Morgan fingerprint density at radius 3 is 3.14 bits per heavy atom. The standard InChI is InChI=1S/C13H15N/c14-12-7-10-5-1-3-9-4-2-6-11(8-12)13(9)10/h1,5,7-9H,2-4,6,14H2. The van der Waals surface area contributed by atoms with Crippen LogP contribution < -0.4 is 5.73 Å². The summed E-state index contributed by atoms with van der Waals surface area (Å²) >= 11 is 0. The van der Waals surface area contributed by atoms with E-state index in [1.807, 2.05) is 0 Å². The number of rotatable bonds is 0. The first kappa shape index (κ1) is 8.10. The van der Waals surface area contributed by atoms with E-state index in [1.54, 1.807) is 5.56 Å². The van der Waals surface area contributed by atoms with Gasteiger partial charge in [-0.15, -0.1) is 0 Å². The molecule has 0 bridgehead atoms. The lowest BCUT2D eigenvalue weighted by Crippen LogP contribution is -2.13. The van der Waals surface area contributed by atoms with Crippen LogP contribution in [0.25, 0.3) is 6.08 Å². The fraction of sp³-hybridized carbons (Fsp3) is 0.385. The van der Waals surface area contributed by atoms with Crippen molar-refractivity contribution in [3.05, 3.63) is 34.9 Å². The van der Waals surface area contributed by atoms with Crippen molar-refractivity contribution in [3.63, 3.8) is 0 Å². The zero-order valence-corrected chi connectivity index (χ0v) is 8.29. The zero-order chi connectivity index (χ0) is 9.54. The van der Waals surface area contributed by atoms with E-state index in [0.717, 1.165) is 11.6 Å². The van der Waals surface area contributed by atoms with Gasteiger partial charge in [0, 0.05) is 5.69 Å². The van der Waals surface area contributed by atoms with E-state index >= 15 is 0 Å². The molecule has 3 rings (SSSR count). The third-order valence-electron chi connectivity index (χ3n) is 3.44. The smallest absolute Gasteiger partial charge is 0.0322 e. The van der Waals surface area contributed by atoms with Crippen LogP contribution in [0.5, 0.6) is 0 Å². The molecule has 1 aromatic rings. The second kappa shape index (κ2) is 2.88. The van der Waals surface area contributed by atoms with Crippen LogP contribution in [-0.2, 0) is 6.42 Å². The molecule has 1 atom stereocenters. The molecular formula is C13H15N. The van der Waals surface area contributed by atoms with Crippen LogP contribution in [0.1, 0.15) is 41.9 Å². The highest BCUT2D eigenvalue weighted by Crippen LogP contribution is 2.40. The van der Waals surface area contributed by atoms with Crippen LogP contribution in [0.4, 0.5) is 5.69 Å². The van der Waals surface area contributed by atoms with Crippen LogP contribution in [-0.4, -0.2) is 0 Å². The number of anilines is 1. The van der Waals surface area contributed by atoms with Crippen molar-refractivity contribution in [2.45, 2.75) is 31.6 Å². The maximum Gasteiger partial charge on any atom is 0.0322 e. The van der Waals surface area contributed by atoms with E-state index in [4.69, 9.17) is 5.73 Å². The average Bonchev–Trinajstić information content (AvgIpc) is 2.18. The predicted octanol–water partition coefficient (Wildman–Crippen LogP) is 3.11. The number of hydrogen-bond donors (Lipinski definition) is 1. The molecule has 0 amide bonds. The maximum absolute atomic E-state index is 5.89. The summed E-state index contributed by atoms with van der Waals surface area (Å²) in [6.45, 7) is 0. The molecule has 1 aromatic carbocycles. The maximum atomic E-state index is 5.89. The van der Waals surface area contributed by atoms with Crippen molar-refractivity contribution < 1.29 is 0 Å². The van der Waals surface area contributed by atoms with E-state index in [1.165, 1.54) is 36.8 Å². The molecule has 0 aliphatic heterocycles. The summed E-state index contributed by atoms with van der Waals surface area (Å²) in [5.41, 5.74) is 11.3. The molecule has 72 valence electrons. The summed E-state index contributed by atoms with van der Waals surface area (Å²) in [5, 5.41) is 0. The molecule has 0 heterocycles. The summed E-state index contributed by atoms with van der Waals surface area (Å²) in [6, 6.07) is 4.29. The molecule has 0 radical (unpaired) electrons. The average molecular weight is 185 g/mol. The molecule has 1 nitrogen and oxygen atoms in total. The van der Waals surface area contributed by atoms with Gasteiger partial charge in [-0.1, -0.05) is 12.2 Å². The van der Waals surface area contributed by atoms with Gasteiger partial charge >= 0.3 is 0 Å². The first-order valence-electron chi connectivity index (χ1n) is 5.43. The van der Waals surface area contributed by atoms with E-state index < -0.39 is 0 Å². The molecule has 0 saturated heterocycles. The number of benzene rings is 1. The molecule has 1 heteroatoms. The van der Waals surface area contributed by atoms with Gasteiger partial charge in [-0.05, 0) is 60.4 Å². The van der Waals surface area contributed by atoms with Crippen molar-refractivity contribution in [1.82, 2.24) is 0 Å². The normalized spacial score (nSPS) is 23.3. The van der Waals surface area contributed by atoms with Gasteiger partial charge in [0.05, 0.1) is 0 Å². The Morgan fingerprint density at radius 1 is 1.29 bits per heavy atom. The number of nitrogens with two attached hydrogens (primary N) is 1. The van der Waals surface area contributed by atoms with Gasteiger partial charge in [0.15, 0.2) is 0 Å². The first-order chi connectivity index (χ1) is 6.84.